The van der Waals surface area contributed by atoms with E-state index in [1.807, 2.05) is 24.3 Å². The number of aryl methyl sites for hydroxylation is 1. The molecule has 0 bridgehead atoms. The third-order valence-electron chi connectivity index (χ3n) is 2.69. The van der Waals surface area contributed by atoms with Crippen LogP contribution < -0.4 is 10.3 Å². The second-order valence-electron chi connectivity index (χ2n) is 4.39. The summed E-state index contributed by atoms with van der Waals surface area (Å²) >= 11 is 4.99. The number of benzene rings is 1. The Balaban J connectivity index is 2.20. The lowest BCUT2D eigenvalue weighted by Gasteiger charge is -2.04. The minimum absolute atomic E-state index is 0.157. The van der Waals surface area contributed by atoms with Crippen molar-refractivity contribution in [3.63, 3.8) is 0 Å². The quantitative estimate of drug-likeness (QED) is 0.679. The van der Waals surface area contributed by atoms with Gasteiger partial charge in [-0.1, -0.05) is 6.92 Å². The van der Waals surface area contributed by atoms with Gasteiger partial charge in [-0.05, 0) is 55.4 Å². The third kappa shape index (κ3) is 3.85. The number of hydrogen-bond acceptors (Lipinski definition) is 5. The van der Waals surface area contributed by atoms with Crippen molar-refractivity contribution in [3.8, 4) is 5.75 Å². The van der Waals surface area contributed by atoms with Crippen LogP contribution in [0.1, 0.15) is 24.6 Å². The molecule has 0 aliphatic heterocycles. The van der Waals surface area contributed by atoms with Gasteiger partial charge in [0.1, 0.15) is 11.4 Å². The second kappa shape index (κ2) is 6.94. The monoisotopic (exact) mass is 304 g/mol. The van der Waals surface area contributed by atoms with Crippen molar-refractivity contribution in [1.29, 1.82) is 0 Å². The molecule has 0 aliphatic rings. The topological polar surface area (TPSA) is 72.3 Å². The molecule has 0 fully saturated rings. The predicted molar refractivity (Wildman–Crippen MR) is 83.6 cm³/mol. The summed E-state index contributed by atoms with van der Waals surface area (Å²) in [5, 5.41) is 10.4. The van der Waals surface area contributed by atoms with Gasteiger partial charge in [0.25, 0.3) is 5.56 Å². The smallest absolute Gasteiger partial charge is 0.296 e. The molecule has 0 spiro atoms. The van der Waals surface area contributed by atoms with E-state index in [0.29, 0.717) is 12.3 Å². The molecule has 21 heavy (non-hydrogen) atoms. The second-order valence-corrected chi connectivity index (χ2v) is 4.78. The number of aromatic amines is 1. The highest BCUT2D eigenvalue weighted by Crippen LogP contribution is 2.11. The Morgan fingerprint density at radius 2 is 2.14 bits per heavy atom. The van der Waals surface area contributed by atoms with E-state index in [1.54, 1.807) is 13.1 Å². The van der Waals surface area contributed by atoms with E-state index in [4.69, 9.17) is 17.0 Å². The normalized spacial score (nSPS) is 11.0. The molecule has 0 saturated heterocycles. The highest BCUT2D eigenvalue weighted by molar-refractivity contribution is 7.71. The highest BCUT2D eigenvalue weighted by atomic mass is 32.1. The molecule has 0 unspecified atom stereocenters. The minimum Gasteiger partial charge on any atom is -0.494 e. The molecule has 1 heterocycles. The Hall–Kier alpha value is -2.28. The zero-order valence-corrected chi connectivity index (χ0v) is 12.7. The summed E-state index contributed by atoms with van der Waals surface area (Å²) in [6, 6.07) is 7.44. The van der Waals surface area contributed by atoms with E-state index in [2.05, 4.69) is 22.2 Å². The molecule has 1 aromatic heterocycles. The number of nitrogens with one attached hydrogen (secondary N) is 1. The number of hydrogen-bond donors (Lipinski definition) is 1. The van der Waals surface area contributed by atoms with E-state index in [1.165, 1.54) is 0 Å². The van der Waals surface area contributed by atoms with Gasteiger partial charge in [0, 0.05) is 0 Å². The van der Waals surface area contributed by atoms with E-state index in [0.717, 1.165) is 22.4 Å². The van der Waals surface area contributed by atoms with Crippen LogP contribution in [0.2, 0.25) is 0 Å². The summed E-state index contributed by atoms with van der Waals surface area (Å²) in [6.07, 6.45) is 2.53. The fourth-order valence-electron chi connectivity index (χ4n) is 1.57. The van der Waals surface area contributed by atoms with Crippen molar-refractivity contribution in [2.24, 2.45) is 5.10 Å². The molecular formula is C14H16N4O2S. The molecule has 0 atom stereocenters. The molecule has 0 amide bonds. The van der Waals surface area contributed by atoms with Crippen LogP contribution in [0.5, 0.6) is 5.75 Å². The Morgan fingerprint density at radius 1 is 1.43 bits per heavy atom. The molecule has 0 saturated carbocycles. The number of rotatable bonds is 5. The van der Waals surface area contributed by atoms with E-state index < -0.39 is 0 Å². The van der Waals surface area contributed by atoms with Crippen molar-refractivity contribution in [2.45, 2.75) is 20.3 Å². The zero-order chi connectivity index (χ0) is 15.2. The number of H-pyrrole nitrogens is 1. The standard InChI is InChI=1S/C14H16N4O2S/c1-3-8-20-12-6-4-11(5-7-12)9-15-18-13(19)10(2)16-17-14(18)21/h4-7,9H,3,8H2,1-2H3,(H,17,21)/b15-9+. The van der Waals surface area contributed by atoms with Crippen LogP contribution in [0.15, 0.2) is 34.2 Å². The molecule has 2 rings (SSSR count). The fraction of sp³-hybridized carbons (Fsp3) is 0.286. The highest BCUT2D eigenvalue weighted by Gasteiger charge is 2.00. The zero-order valence-electron chi connectivity index (χ0n) is 11.9. The molecule has 1 N–H and O–H groups in total. The maximum Gasteiger partial charge on any atom is 0.296 e. The van der Waals surface area contributed by atoms with Gasteiger partial charge in [0.15, 0.2) is 0 Å². The minimum atomic E-state index is -0.335. The van der Waals surface area contributed by atoms with Gasteiger partial charge >= 0.3 is 0 Å². The molecule has 6 nitrogen and oxygen atoms in total. The average molecular weight is 304 g/mol. The van der Waals surface area contributed by atoms with Crippen LogP contribution in [-0.4, -0.2) is 27.7 Å². The lowest BCUT2D eigenvalue weighted by atomic mass is 10.2. The Kier molecular flexibility index (Phi) is 4.99. The van der Waals surface area contributed by atoms with Crippen LogP contribution in [0, 0.1) is 11.7 Å². The van der Waals surface area contributed by atoms with Crippen LogP contribution in [0.3, 0.4) is 0 Å². The predicted octanol–water partition coefficient (Wildman–Crippen LogP) is 2.28. The average Bonchev–Trinajstić information content (AvgIpc) is 2.50. The van der Waals surface area contributed by atoms with Crippen molar-refractivity contribution >= 4 is 18.4 Å². The summed E-state index contributed by atoms with van der Waals surface area (Å²) < 4.78 is 6.76. The van der Waals surface area contributed by atoms with Gasteiger partial charge in [-0.3, -0.25) is 9.89 Å². The molecule has 7 heteroatoms. The number of aromatic nitrogens is 3. The van der Waals surface area contributed by atoms with Crippen molar-refractivity contribution in [2.75, 3.05) is 6.61 Å². The number of nitrogens with zero attached hydrogens (tertiary/aromatic N) is 3. The van der Waals surface area contributed by atoms with Gasteiger partial charge in [0.2, 0.25) is 4.77 Å². The molecule has 0 radical (unpaired) electrons. The van der Waals surface area contributed by atoms with E-state index in [-0.39, 0.29) is 10.3 Å². The molecular weight excluding hydrogens is 288 g/mol. The van der Waals surface area contributed by atoms with Gasteiger partial charge in [-0.15, -0.1) is 0 Å². The Labute approximate surface area is 127 Å². The summed E-state index contributed by atoms with van der Waals surface area (Å²) in [5.74, 6) is 0.809. The lowest BCUT2D eigenvalue weighted by molar-refractivity contribution is 0.317. The van der Waals surface area contributed by atoms with Gasteiger partial charge < -0.3 is 4.74 Å². The molecule has 1 aromatic carbocycles. The first-order valence-corrected chi connectivity index (χ1v) is 6.98. The van der Waals surface area contributed by atoms with Crippen molar-refractivity contribution in [3.05, 3.63) is 50.6 Å². The van der Waals surface area contributed by atoms with Crippen LogP contribution >= 0.6 is 12.2 Å². The summed E-state index contributed by atoms with van der Waals surface area (Å²) in [7, 11) is 0. The lowest BCUT2D eigenvalue weighted by Crippen LogP contribution is -2.22. The summed E-state index contributed by atoms with van der Waals surface area (Å²) in [5.41, 5.74) is 0.816. The van der Waals surface area contributed by atoms with Crippen molar-refractivity contribution in [1.82, 2.24) is 14.9 Å². The fourth-order valence-corrected chi connectivity index (χ4v) is 1.75. The van der Waals surface area contributed by atoms with E-state index in [9.17, 15) is 4.79 Å². The SMILES string of the molecule is CCCOc1ccc(/C=N/n2c(=S)[nH]nc(C)c2=O)cc1. The Morgan fingerprint density at radius 3 is 2.81 bits per heavy atom. The Bertz CT molecular complexity index is 747. The maximum absolute atomic E-state index is 11.9. The molecule has 0 aliphatic carbocycles. The first kappa shape index (κ1) is 15.1. The van der Waals surface area contributed by atoms with Crippen LogP contribution in [0.25, 0.3) is 0 Å². The van der Waals surface area contributed by atoms with E-state index >= 15 is 0 Å². The first-order valence-electron chi connectivity index (χ1n) is 6.57. The summed E-state index contributed by atoms with van der Waals surface area (Å²) in [6.45, 7) is 4.34. The van der Waals surface area contributed by atoms with Crippen LogP contribution in [-0.2, 0) is 0 Å². The largest absolute Gasteiger partial charge is 0.494 e. The first-order chi connectivity index (χ1) is 10.1. The number of ether oxygens (including phenoxy) is 1. The third-order valence-corrected chi connectivity index (χ3v) is 2.95. The van der Waals surface area contributed by atoms with Crippen LogP contribution in [0.4, 0.5) is 0 Å². The maximum atomic E-state index is 11.9. The van der Waals surface area contributed by atoms with Gasteiger partial charge in [0.05, 0.1) is 12.8 Å². The van der Waals surface area contributed by atoms with Gasteiger partial charge in [-0.25, -0.2) is 0 Å². The van der Waals surface area contributed by atoms with Gasteiger partial charge in [-0.2, -0.15) is 14.9 Å². The molecule has 2 aromatic rings. The molecule has 110 valence electrons. The van der Waals surface area contributed by atoms with Crippen molar-refractivity contribution < 1.29 is 4.74 Å². The summed E-state index contributed by atoms with van der Waals surface area (Å²) in [4.78, 5) is 11.9.